The van der Waals surface area contributed by atoms with E-state index in [9.17, 15) is 0 Å². The van der Waals surface area contributed by atoms with Gasteiger partial charge in [-0.2, -0.15) is 0 Å². The van der Waals surface area contributed by atoms with Gasteiger partial charge in [0.05, 0.1) is 20.8 Å². The Hall–Kier alpha value is -1.30. The molecule has 5 heteroatoms. The van der Waals surface area contributed by atoms with Gasteiger partial charge in [0.1, 0.15) is 10.0 Å². The zero-order valence-corrected chi connectivity index (χ0v) is 11.9. The van der Waals surface area contributed by atoms with Crippen LogP contribution in [0.4, 0.5) is 0 Å². The lowest BCUT2D eigenvalue weighted by atomic mass is 10.2. The van der Waals surface area contributed by atoms with Gasteiger partial charge >= 0.3 is 0 Å². The molecule has 0 atom stereocenters. The highest BCUT2D eigenvalue weighted by molar-refractivity contribution is 7.25. The Labute approximate surface area is 113 Å². The minimum atomic E-state index is 0.495. The van der Waals surface area contributed by atoms with Crippen molar-refractivity contribution in [2.45, 2.75) is 20.4 Å². The highest BCUT2D eigenvalue weighted by atomic mass is 32.1. The quantitative estimate of drug-likeness (QED) is 0.779. The second-order valence-electron chi connectivity index (χ2n) is 4.17. The number of para-hydroxylation sites is 1. The number of rotatable bonds is 2. The first-order valence-electron chi connectivity index (χ1n) is 5.72. The average Bonchev–Trinajstić information content (AvgIpc) is 2.93. The molecule has 18 heavy (non-hydrogen) atoms. The molecule has 0 amide bonds. The van der Waals surface area contributed by atoms with E-state index in [0.717, 1.165) is 26.1 Å². The van der Waals surface area contributed by atoms with Gasteiger partial charge in [0.2, 0.25) is 0 Å². The van der Waals surface area contributed by atoms with Gasteiger partial charge in [-0.15, -0.1) is 22.7 Å². The van der Waals surface area contributed by atoms with E-state index in [-0.39, 0.29) is 0 Å². The van der Waals surface area contributed by atoms with Crippen molar-refractivity contribution >= 4 is 32.9 Å². The topological polar surface area (TPSA) is 51.8 Å². The van der Waals surface area contributed by atoms with Gasteiger partial charge in [-0.1, -0.05) is 12.1 Å². The van der Waals surface area contributed by atoms with Crippen LogP contribution in [0.1, 0.15) is 16.3 Å². The van der Waals surface area contributed by atoms with E-state index in [4.69, 9.17) is 10.7 Å². The van der Waals surface area contributed by atoms with Gasteiger partial charge in [0, 0.05) is 6.54 Å². The van der Waals surface area contributed by atoms with Crippen molar-refractivity contribution in [2.24, 2.45) is 5.73 Å². The molecular weight excluding hydrogens is 262 g/mol. The summed E-state index contributed by atoms with van der Waals surface area (Å²) in [5.74, 6) is 0. The summed E-state index contributed by atoms with van der Waals surface area (Å²) in [6.07, 6.45) is 0. The fourth-order valence-corrected chi connectivity index (χ4v) is 4.03. The minimum absolute atomic E-state index is 0.495. The summed E-state index contributed by atoms with van der Waals surface area (Å²) in [4.78, 5) is 10.3. The molecule has 0 bridgehead atoms. The molecule has 2 aromatic heterocycles. The predicted octanol–water partition coefficient (Wildman–Crippen LogP) is 3.50. The van der Waals surface area contributed by atoms with Crippen LogP contribution in [0.25, 0.3) is 20.1 Å². The molecule has 2 N–H and O–H groups in total. The van der Waals surface area contributed by atoms with Crippen LogP contribution in [-0.2, 0) is 6.54 Å². The smallest absolute Gasteiger partial charge is 0.136 e. The second-order valence-corrected chi connectivity index (χ2v) is 6.28. The summed E-state index contributed by atoms with van der Waals surface area (Å²) in [5.41, 5.74) is 8.98. The molecule has 0 fully saturated rings. The van der Waals surface area contributed by atoms with Crippen LogP contribution >= 0.6 is 22.7 Å². The third-order valence-corrected chi connectivity index (χ3v) is 5.18. The van der Waals surface area contributed by atoms with Crippen molar-refractivity contribution < 1.29 is 0 Å². The molecule has 2 heterocycles. The van der Waals surface area contributed by atoms with Crippen molar-refractivity contribution in [2.75, 3.05) is 0 Å². The van der Waals surface area contributed by atoms with E-state index in [0.29, 0.717) is 6.54 Å². The van der Waals surface area contributed by atoms with Gasteiger partial charge < -0.3 is 5.73 Å². The molecule has 3 aromatic rings. The SMILES string of the molecule is Cc1nc(CN)sc1-c1nc2c(C)cccc2s1. The maximum absolute atomic E-state index is 5.64. The molecule has 0 spiro atoms. The zero-order chi connectivity index (χ0) is 12.7. The normalized spacial score (nSPS) is 11.3. The number of aryl methyl sites for hydroxylation is 2. The first-order valence-corrected chi connectivity index (χ1v) is 7.35. The summed E-state index contributed by atoms with van der Waals surface area (Å²) in [6, 6.07) is 6.28. The first kappa shape index (κ1) is 11.8. The highest BCUT2D eigenvalue weighted by Crippen LogP contribution is 2.36. The maximum Gasteiger partial charge on any atom is 0.136 e. The van der Waals surface area contributed by atoms with Crippen molar-refractivity contribution in [3.63, 3.8) is 0 Å². The number of thiazole rings is 2. The molecule has 0 saturated carbocycles. The summed E-state index contributed by atoms with van der Waals surface area (Å²) < 4.78 is 1.23. The Bertz CT molecular complexity index is 712. The Morgan fingerprint density at radius 3 is 2.67 bits per heavy atom. The fourth-order valence-electron chi connectivity index (χ4n) is 1.92. The van der Waals surface area contributed by atoms with E-state index >= 15 is 0 Å². The van der Waals surface area contributed by atoms with Gasteiger partial charge in [-0.3, -0.25) is 0 Å². The highest BCUT2D eigenvalue weighted by Gasteiger charge is 2.14. The van der Waals surface area contributed by atoms with Crippen molar-refractivity contribution in [1.29, 1.82) is 0 Å². The molecule has 0 aliphatic heterocycles. The maximum atomic E-state index is 5.64. The van der Waals surface area contributed by atoms with Crippen molar-refractivity contribution in [1.82, 2.24) is 9.97 Å². The Kier molecular flexibility index (Phi) is 2.89. The lowest BCUT2D eigenvalue weighted by molar-refractivity contribution is 1.02. The molecule has 0 saturated heterocycles. The number of hydrogen-bond acceptors (Lipinski definition) is 5. The zero-order valence-electron chi connectivity index (χ0n) is 10.2. The molecule has 92 valence electrons. The number of benzene rings is 1. The Balaban J connectivity index is 2.19. The summed E-state index contributed by atoms with van der Waals surface area (Å²) in [6.45, 7) is 4.61. The lowest BCUT2D eigenvalue weighted by Crippen LogP contribution is -1.94. The fraction of sp³-hybridized carbons (Fsp3) is 0.231. The van der Waals surface area contributed by atoms with Crippen LogP contribution in [0.3, 0.4) is 0 Å². The van der Waals surface area contributed by atoms with Gasteiger partial charge in [-0.05, 0) is 25.5 Å². The molecule has 0 aliphatic carbocycles. The minimum Gasteiger partial charge on any atom is -0.325 e. The van der Waals surface area contributed by atoms with Gasteiger partial charge in [0.25, 0.3) is 0 Å². The van der Waals surface area contributed by atoms with Gasteiger partial charge in [-0.25, -0.2) is 9.97 Å². The third kappa shape index (κ3) is 1.84. The number of fused-ring (bicyclic) bond motifs is 1. The van der Waals surface area contributed by atoms with Crippen LogP contribution in [-0.4, -0.2) is 9.97 Å². The van der Waals surface area contributed by atoms with Crippen molar-refractivity contribution in [3.8, 4) is 9.88 Å². The molecule has 1 aromatic carbocycles. The number of nitrogens with zero attached hydrogens (tertiary/aromatic N) is 2. The lowest BCUT2D eigenvalue weighted by Gasteiger charge is -1.91. The van der Waals surface area contributed by atoms with E-state index < -0.39 is 0 Å². The largest absolute Gasteiger partial charge is 0.325 e. The van der Waals surface area contributed by atoms with E-state index in [1.54, 1.807) is 22.7 Å². The summed E-state index contributed by atoms with van der Waals surface area (Å²) in [5, 5.41) is 2.02. The summed E-state index contributed by atoms with van der Waals surface area (Å²) in [7, 11) is 0. The van der Waals surface area contributed by atoms with Gasteiger partial charge in [0.15, 0.2) is 0 Å². The first-order chi connectivity index (χ1) is 8.69. The van der Waals surface area contributed by atoms with Crippen LogP contribution < -0.4 is 5.73 Å². The second kappa shape index (κ2) is 4.42. The van der Waals surface area contributed by atoms with E-state index in [1.165, 1.54) is 10.3 Å². The Morgan fingerprint density at radius 1 is 1.17 bits per heavy atom. The summed E-state index contributed by atoms with van der Waals surface area (Å²) >= 11 is 3.37. The number of hydrogen-bond donors (Lipinski definition) is 1. The molecule has 3 nitrogen and oxygen atoms in total. The van der Waals surface area contributed by atoms with Crippen LogP contribution in [0.15, 0.2) is 18.2 Å². The monoisotopic (exact) mass is 275 g/mol. The van der Waals surface area contributed by atoms with E-state index in [2.05, 4.69) is 30.1 Å². The molecule has 0 unspecified atom stereocenters. The number of aromatic nitrogens is 2. The predicted molar refractivity (Wildman–Crippen MR) is 78.1 cm³/mol. The number of nitrogens with two attached hydrogens (primary N) is 1. The van der Waals surface area contributed by atoms with E-state index in [1.807, 2.05) is 6.92 Å². The molecule has 3 rings (SSSR count). The third-order valence-electron chi connectivity index (χ3n) is 2.83. The standard InChI is InChI=1S/C13H13N3S2/c1-7-4-3-5-9-11(7)16-13(17-9)12-8(2)15-10(6-14)18-12/h3-5H,6,14H2,1-2H3. The van der Waals surface area contributed by atoms with Crippen LogP contribution in [0.2, 0.25) is 0 Å². The Morgan fingerprint density at radius 2 is 2.00 bits per heavy atom. The average molecular weight is 275 g/mol. The molecular formula is C13H13N3S2. The molecule has 0 aliphatic rings. The van der Waals surface area contributed by atoms with Crippen molar-refractivity contribution in [3.05, 3.63) is 34.5 Å². The van der Waals surface area contributed by atoms with Crippen LogP contribution in [0.5, 0.6) is 0 Å². The van der Waals surface area contributed by atoms with Crippen LogP contribution in [0, 0.1) is 13.8 Å². The molecule has 0 radical (unpaired) electrons.